The van der Waals surface area contributed by atoms with Crippen LogP contribution in [0.15, 0.2) is 64.3 Å². The summed E-state index contributed by atoms with van der Waals surface area (Å²) in [5.74, 6) is 0.681. The van der Waals surface area contributed by atoms with Gasteiger partial charge in [-0.2, -0.15) is 0 Å². The van der Waals surface area contributed by atoms with Gasteiger partial charge in [0.2, 0.25) is 5.91 Å². The van der Waals surface area contributed by atoms with Crippen molar-refractivity contribution in [2.24, 2.45) is 0 Å². The Kier molecular flexibility index (Phi) is 5.25. The number of fused-ring (bicyclic) bond motifs is 2. The molecular weight excluding hydrogens is 404 g/mol. The third-order valence-corrected chi connectivity index (χ3v) is 6.96. The van der Waals surface area contributed by atoms with Crippen LogP contribution in [0.25, 0.3) is 11.4 Å². The molecular formula is C25H26N4O3. The first kappa shape index (κ1) is 20.4. The molecule has 1 aliphatic carbocycles. The molecule has 0 radical (unpaired) electrons. The largest absolute Gasteiger partial charge is 0.343 e. The zero-order valence-corrected chi connectivity index (χ0v) is 17.9. The fourth-order valence-corrected chi connectivity index (χ4v) is 5.07. The highest BCUT2D eigenvalue weighted by Gasteiger charge is 2.44. The van der Waals surface area contributed by atoms with E-state index in [-0.39, 0.29) is 22.4 Å². The van der Waals surface area contributed by atoms with E-state index < -0.39 is 0 Å². The predicted octanol–water partition coefficient (Wildman–Crippen LogP) is 2.50. The van der Waals surface area contributed by atoms with Crippen molar-refractivity contribution in [2.45, 2.75) is 44.1 Å². The summed E-state index contributed by atoms with van der Waals surface area (Å²) in [6.07, 6.45) is 5.27. The minimum absolute atomic E-state index is 0.0439. The number of piperidine rings is 1. The molecule has 1 aromatic carbocycles. The van der Waals surface area contributed by atoms with Crippen molar-refractivity contribution in [3.63, 3.8) is 0 Å². The third kappa shape index (κ3) is 3.68. The van der Waals surface area contributed by atoms with Crippen LogP contribution in [0.1, 0.15) is 36.9 Å². The molecule has 3 heterocycles. The van der Waals surface area contributed by atoms with E-state index in [2.05, 4.69) is 4.98 Å². The van der Waals surface area contributed by atoms with Gasteiger partial charge in [-0.05, 0) is 31.7 Å². The molecule has 1 saturated heterocycles. The van der Waals surface area contributed by atoms with Crippen molar-refractivity contribution >= 4 is 5.91 Å². The first-order valence-corrected chi connectivity index (χ1v) is 11.2. The predicted molar refractivity (Wildman–Crippen MR) is 121 cm³/mol. The second-order valence-electron chi connectivity index (χ2n) is 8.75. The number of amides is 1. The summed E-state index contributed by atoms with van der Waals surface area (Å²) >= 11 is 0. The minimum Gasteiger partial charge on any atom is -0.343 e. The number of nitrogens with zero attached hydrogens (tertiary/aromatic N) is 3. The number of nitrogens with one attached hydrogen (secondary N) is 1. The van der Waals surface area contributed by atoms with Crippen molar-refractivity contribution in [3.8, 4) is 11.4 Å². The fourth-order valence-electron chi connectivity index (χ4n) is 5.07. The van der Waals surface area contributed by atoms with E-state index in [0.717, 1.165) is 42.5 Å². The zero-order valence-electron chi connectivity index (χ0n) is 17.9. The van der Waals surface area contributed by atoms with Gasteiger partial charge in [-0.15, -0.1) is 0 Å². The van der Waals surface area contributed by atoms with Crippen LogP contribution in [0, 0.1) is 0 Å². The minimum atomic E-state index is -0.139. The molecule has 1 N–H and O–H groups in total. The van der Waals surface area contributed by atoms with Gasteiger partial charge in [-0.3, -0.25) is 14.4 Å². The number of carbonyl (C=O) groups excluding carboxylic acids is 1. The molecule has 1 spiro atoms. The van der Waals surface area contributed by atoms with E-state index in [9.17, 15) is 14.4 Å². The molecule has 32 heavy (non-hydrogen) atoms. The highest BCUT2D eigenvalue weighted by molar-refractivity contribution is 5.76. The van der Waals surface area contributed by atoms with E-state index >= 15 is 0 Å². The van der Waals surface area contributed by atoms with Gasteiger partial charge in [0, 0.05) is 54.9 Å². The normalized spacial score (nSPS) is 16.8. The summed E-state index contributed by atoms with van der Waals surface area (Å²) in [6.45, 7) is 1.69. The summed E-state index contributed by atoms with van der Waals surface area (Å²) in [7, 11) is 0. The summed E-state index contributed by atoms with van der Waals surface area (Å²) in [4.78, 5) is 47.1. The average Bonchev–Trinajstić information content (AvgIpc) is 3.18. The number of aromatic nitrogens is 3. The van der Waals surface area contributed by atoms with Crippen LogP contribution in [0.3, 0.4) is 0 Å². The van der Waals surface area contributed by atoms with Gasteiger partial charge < -0.3 is 14.5 Å². The van der Waals surface area contributed by atoms with E-state index in [0.29, 0.717) is 31.9 Å². The number of hydrogen-bond donors (Lipinski definition) is 1. The molecule has 0 bridgehead atoms. The molecule has 0 unspecified atom stereocenters. The lowest BCUT2D eigenvalue weighted by Crippen LogP contribution is -2.45. The third-order valence-electron chi connectivity index (χ3n) is 6.96. The first-order chi connectivity index (χ1) is 15.6. The van der Waals surface area contributed by atoms with Gasteiger partial charge in [0.15, 0.2) is 0 Å². The van der Waals surface area contributed by atoms with Gasteiger partial charge in [-0.1, -0.05) is 36.4 Å². The Balaban J connectivity index is 1.31. The van der Waals surface area contributed by atoms with Crippen LogP contribution < -0.4 is 11.1 Å². The van der Waals surface area contributed by atoms with Gasteiger partial charge >= 0.3 is 0 Å². The number of H-pyrrole nitrogens is 1. The maximum Gasteiger partial charge on any atom is 0.254 e. The van der Waals surface area contributed by atoms with Crippen LogP contribution in [0.5, 0.6) is 0 Å². The molecule has 7 nitrogen and oxygen atoms in total. The maximum atomic E-state index is 12.8. The van der Waals surface area contributed by atoms with Crippen LogP contribution >= 0.6 is 0 Å². The van der Waals surface area contributed by atoms with Crippen LogP contribution in [-0.2, 0) is 23.2 Å². The Bertz CT molecular complexity index is 1250. The molecule has 1 aliphatic heterocycles. The Morgan fingerprint density at radius 1 is 1.00 bits per heavy atom. The highest BCUT2D eigenvalue weighted by atomic mass is 16.2. The van der Waals surface area contributed by atoms with Crippen molar-refractivity contribution in [1.29, 1.82) is 0 Å². The first-order valence-electron chi connectivity index (χ1n) is 11.2. The van der Waals surface area contributed by atoms with E-state index in [4.69, 9.17) is 4.98 Å². The molecule has 2 aromatic heterocycles. The van der Waals surface area contributed by atoms with Gasteiger partial charge in [0.25, 0.3) is 11.1 Å². The van der Waals surface area contributed by atoms with Crippen LogP contribution in [0.4, 0.5) is 0 Å². The second-order valence-corrected chi connectivity index (χ2v) is 8.75. The lowest BCUT2D eigenvalue weighted by molar-refractivity contribution is -0.133. The monoisotopic (exact) mass is 430 g/mol. The number of benzene rings is 1. The summed E-state index contributed by atoms with van der Waals surface area (Å²) in [5, 5.41) is 0. The quantitative estimate of drug-likeness (QED) is 0.689. The number of carbonyl (C=O) groups is 1. The van der Waals surface area contributed by atoms with Crippen molar-refractivity contribution in [1.82, 2.24) is 19.4 Å². The smallest absolute Gasteiger partial charge is 0.254 e. The SMILES string of the molecule is O=C(CCn1ccccc1=O)N1CCC2(CCc3c2nc(-c2ccccc2)[nH]c3=O)CC1. The van der Waals surface area contributed by atoms with Gasteiger partial charge in [0.05, 0.1) is 5.69 Å². The van der Waals surface area contributed by atoms with E-state index in [1.165, 1.54) is 6.07 Å². The highest BCUT2D eigenvalue weighted by Crippen LogP contribution is 2.44. The number of pyridine rings is 1. The number of aryl methyl sites for hydroxylation is 1. The van der Waals surface area contributed by atoms with E-state index in [1.54, 1.807) is 22.9 Å². The van der Waals surface area contributed by atoms with Gasteiger partial charge in [0.1, 0.15) is 5.82 Å². The molecule has 7 heteroatoms. The molecule has 0 atom stereocenters. The number of likely N-dealkylation sites (tertiary alicyclic amines) is 1. The molecule has 164 valence electrons. The Morgan fingerprint density at radius 3 is 2.50 bits per heavy atom. The summed E-state index contributed by atoms with van der Waals surface area (Å²) < 4.78 is 1.57. The number of aromatic amines is 1. The van der Waals surface area contributed by atoms with Crippen molar-refractivity contribution in [3.05, 3.63) is 86.7 Å². The second kappa shape index (κ2) is 8.22. The zero-order chi connectivity index (χ0) is 22.1. The fraction of sp³-hybridized carbons (Fsp3) is 0.360. The topological polar surface area (TPSA) is 88.1 Å². The van der Waals surface area contributed by atoms with Gasteiger partial charge in [-0.25, -0.2) is 4.98 Å². The standard InChI is InChI=1S/C25H26N4O3/c30-20-8-4-5-14-28(20)15-10-21(31)29-16-12-25(13-17-29)11-9-19-22(25)26-23(27-24(19)32)18-6-2-1-3-7-18/h1-8,14H,9-13,15-17H2,(H,26,27,32). The van der Waals surface area contributed by atoms with Crippen LogP contribution in [0.2, 0.25) is 0 Å². The van der Waals surface area contributed by atoms with E-state index in [1.807, 2.05) is 35.2 Å². The Hall–Kier alpha value is -3.48. The Labute approximate surface area is 185 Å². The lowest BCUT2D eigenvalue weighted by atomic mass is 9.76. The molecule has 1 amide bonds. The maximum absolute atomic E-state index is 12.8. The Morgan fingerprint density at radius 2 is 1.75 bits per heavy atom. The number of hydrogen-bond acceptors (Lipinski definition) is 4. The molecule has 1 fully saturated rings. The summed E-state index contributed by atoms with van der Waals surface area (Å²) in [5.41, 5.74) is 2.35. The number of rotatable bonds is 4. The average molecular weight is 431 g/mol. The van der Waals surface area contributed by atoms with Crippen molar-refractivity contribution < 1.29 is 4.79 Å². The summed E-state index contributed by atoms with van der Waals surface area (Å²) in [6, 6.07) is 14.7. The lowest BCUT2D eigenvalue weighted by Gasteiger charge is -2.39. The molecule has 5 rings (SSSR count). The molecule has 3 aromatic rings. The molecule has 2 aliphatic rings. The molecule has 0 saturated carbocycles. The van der Waals surface area contributed by atoms with Crippen molar-refractivity contribution in [2.75, 3.05) is 13.1 Å². The van der Waals surface area contributed by atoms with Crippen LogP contribution in [-0.4, -0.2) is 38.4 Å².